The topological polar surface area (TPSA) is 58.6 Å². The Bertz CT molecular complexity index is 719. The van der Waals surface area contributed by atoms with Gasteiger partial charge in [0.25, 0.3) is 5.56 Å². The molecule has 4 nitrogen and oxygen atoms in total. The molecule has 0 spiro atoms. The van der Waals surface area contributed by atoms with Gasteiger partial charge < -0.3 is 0 Å². The van der Waals surface area contributed by atoms with E-state index in [9.17, 15) is 4.79 Å². The van der Waals surface area contributed by atoms with Crippen LogP contribution >= 0.6 is 0 Å². The molecule has 0 atom stereocenters. The predicted molar refractivity (Wildman–Crippen MR) is 65.6 cm³/mol. The van der Waals surface area contributed by atoms with Crippen LogP contribution in [0.2, 0.25) is 0 Å². The zero-order valence-electron chi connectivity index (χ0n) is 8.92. The first-order valence-corrected chi connectivity index (χ1v) is 5.25. The quantitative estimate of drug-likeness (QED) is 0.686. The van der Waals surface area contributed by atoms with Crippen molar-refractivity contribution in [3.8, 4) is 11.4 Å². The largest absolute Gasteiger partial charge is 0.272 e. The Labute approximate surface area is 97.0 Å². The molecule has 0 saturated heterocycles. The zero-order chi connectivity index (χ0) is 11.7. The van der Waals surface area contributed by atoms with Gasteiger partial charge in [-0.3, -0.25) is 9.78 Å². The molecular weight excluding hydrogens is 214 g/mol. The lowest BCUT2D eigenvalue weighted by Gasteiger charge is -2.03. The molecule has 0 aliphatic rings. The summed E-state index contributed by atoms with van der Waals surface area (Å²) in [6.07, 6.45) is 1.71. The molecular formula is C13H9N3O. The second kappa shape index (κ2) is 3.83. The summed E-state index contributed by atoms with van der Waals surface area (Å²) in [5, 5.41) is 8.02. The van der Waals surface area contributed by atoms with E-state index >= 15 is 0 Å². The van der Waals surface area contributed by atoms with Gasteiger partial charge in [-0.2, -0.15) is 5.10 Å². The lowest BCUT2D eigenvalue weighted by atomic mass is 10.1. The van der Waals surface area contributed by atoms with Crippen molar-refractivity contribution < 1.29 is 0 Å². The molecule has 4 heteroatoms. The minimum atomic E-state index is -0.180. The number of fused-ring (bicyclic) bond motifs is 1. The third-order valence-electron chi connectivity index (χ3n) is 2.60. The van der Waals surface area contributed by atoms with Crippen molar-refractivity contribution in [1.82, 2.24) is 15.2 Å². The van der Waals surface area contributed by atoms with Crippen molar-refractivity contribution in [2.24, 2.45) is 0 Å². The summed E-state index contributed by atoms with van der Waals surface area (Å²) in [5.41, 5.74) is 1.26. The first-order chi connectivity index (χ1) is 8.36. The fraction of sp³-hybridized carbons (Fsp3) is 0. The number of pyridine rings is 1. The van der Waals surface area contributed by atoms with Gasteiger partial charge in [-0.15, -0.1) is 0 Å². The van der Waals surface area contributed by atoms with Crippen molar-refractivity contribution in [3.63, 3.8) is 0 Å². The van der Waals surface area contributed by atoms with E-state index in [2.05, 4.69) is 15.2 Å². The number of benzene rings is 1. The van der Waals surface area contributed by atoms with Gasteiger partial charge in [0, 0.05) is 11.6 Å². The van der Waals surface area contributed by atoms with Crippen LogP contribution in [0, 0.1) is 0 Å². The number of rotatable bonds is 1. The Morgan fingerprint density at radius 1 is 0.941 bits per heavy atom. The Kier molecular flexibility index (Phi) is 2.19. The molecule has 0 saturated carbocycles. The van der Waals surface area contributed by atoms with Gasteiger partial charge in [0.2, 0.25) is 0 Å². The number of H-pyrrole nitrogens is 1. The molecule has 0 radical (unpaired) electrons. The van der Waals surface area contributed by atoms with E-state index in [1.54, 1.807) is 12.3 Å². The summed E-state index contributed by atoms with van der Waals surface area (Å²) in [5.74, 6) is 0. The highest BCUT2D eigenvalue weighted by atomic mass is 16.1. The van der Waals surface area contributed by atoms with Crippen LogP contribution in [0.5, 0.6) is 0 Å². The van der Waals surface area contributed by atoms with Crippen molar-refractivity contribution in [2.75, 3.05) is 0 Å². The summed E-state index contributed by atoms with van der Waals surface area (Å²) in [7, 11) is 0. The van der Waals surface area contributed by atoms with Gasteiger partial charge in [0.1, 0.15) is 5.69 Å². The summed E-state index contributed by atoms with van der Waals surface area (Å²) in [6, 6.07) is 13.0. The SMILES string of the molecule is O=c1[nH]nc(-c2ccccn2)c2ccccc12. The molecule has 0 aliphatic heterocycles. The van der Waals surface area contributed by atoms with E-state index in [1.807, 2.05) is 36.4 Å². The molecule has 1 aromatic carbocycles. The van der Waals surface area contributed by atoms with Crippen LogP contribution in [0.3, 0.4) is 0 Å². The smallest absolute Gasteiger partial charge is 0.267 e. The van der Waals surface area contributed by atoms with Crippen LogP contribution in [0.4, 0.5) is 0 Å². The molecule has 0 aliphatic carbocycles. The minimum absolute atomic E-state index is 0.180. The number of nitrogens with one attached hydrogen (secondary N) is 1. The number of nitrogens with zero attached hydrogens (tertiary/aromatic N) is 2. The molecule has 17 heavy (non-hydrogen) atoms. The maximum Gasteiger partial charge on any atom is 0.272 e. The summed E-state index contributed by atoms with van der Waals surface area (Å²) in [4.78, 5) is 15.9. The molecule has 3 aromatic rings. The van der Waals surface area contributed by atoms with Crippen molar-refractivity contribution in [1.29, 1.82) is 0 Å². The standard InChI is InChI=1S/C13H9N3O/c17-13-10-6-2-1-5-9(10)12(15-16-13)11-7-3-4-8-14-11/h1-8H,(H,16,17). The molecule has 2 aromatic heterocycles. The molecule has 0 unspecified atom stereocenters. The van der Waals surface area contributed by atoms with Crippen LogP contribution in [0.25, 0.3) is 22.2 Å². The maximum absolute atomic E-state index is 11.6. The molecule has 1 N–H and O–H groups in total. The van der Waals surface area contributed by atoms with Gasteiger partial charge >= 0.3 is 0 Å². The van der Waals surface area contributed by atoms with Crippen molar-refractivity contribution in [3.05, 3.63) is 59.0 Å². The maximum atomic E-state index is 11.6. The minimum Gasteiger partial charge on any atom is -0.267 e. The molecule has 0 amide bonds. The Morgan fingerprint density at radius 2 is 1.71 bits per heavy atom. The van der Waals surface area contributed by atoms with Crippen LogP contribution in [-0.4, -0.2) is 15.2 Å². The molecule has 0 fully saturated rings. The molecule has 2 heterocycles. The number of aromatic nitrogens is 3. The second-order valence-electron chi connectivity index (χ2n) is 3.66. The van der Waals surface area contributed by atoms with Crippen molar-refractivity contribution in [2.45, 2.75) is 0 Å². The molecule has 3 rings (SSSR count). The van der Waals surface area contributed by atoms with Gasteiger partial charge in [-0.1, -0.05) is 24.3 Å². The first-order valence-electron chi connectivity index (χ1n) is 5.25. The Morgan fingerprint density at radius 3 is 2.47 bits per heavy atom. The van der Waals surface area contributed by atoms with Gasteiger partial charge in [-0.05, 0) is 18.2 Å². The average Bonchev–Trinajstić information content (AvgIpc) is 2.41. The summed E-state index contributed by atoms with van der Waals surface area (Å²) >= 11 is 0. The normalized spacial score (nSPS) is 10.6. The average molecular weight is 223 g/mol. The third kappa shape index (κ3) is 1.59. The van der Waals surface area contributed by atoms with Gasteiger partial charge in [0.15, 0.2) is 0 Å². The third-order valence-corrected chi connectivity index (χ3v) is 2.60. The second-order valence-corrected chi connectivity index (χ2v) is 3.66. The number of aromatic amines is 1. The van der Waals surface area contributed by atoms with E-state index in [4.69, 9.17) is 0 Å². The fourth-order valence-electron chi connectivity index (χ4n) is 1.81. The van der Waals surface area contributed by atoms with E-state index in [0.717, 1.165) is 11.1 Å². The molecule has 82 valence electrons. The number of hydrogen-bond acceptors (Lipinski definition) is 3. The van der Waals surface area contributed by atoms with E-state index < -0.39 is 0 Å². The Hall–Kier alpha value is -2.49. The van der Waals surface area contributed by atoms with E-state index in [-0.39, 0.29) is 5.56 Å². The summed E-state index contributed by atoms with van der Waals surface area (Å²) in [6.45, 7) is 0. The predicted octanol–water partition coefficient (Wildman–Crippen LogP) is 1.99. The van der Waals surface area contributed by atoms with Crippen LogP contribution in [-0.2, 0) is 0 Å². The Balaban J connectivity index is 2.39. The highest BCUT2D eigenvalue weighted by Crippen LogP contribution is 2.21. The van der Waals surface area contributed by atoms with Crippen molar-refractivity contribution >= 4 is 10.8 Å². The van der Waals surface area contributed by atoms with Crippen LogP contribution in [0.1, 0.15) is 0 Å². The van der Waals surface area contributed by atoms with Gasteiger partial charge in [0.05, 0.1) is 11.1 Å². The lowest BCUT2D eigenvalue weighted by Crippen LogP contribution is -2.09. The van der Waals surface area contributed by atoms with E-state index in [0.29, 0.717) is 11.1 Å². The molecule has 0 bridgehead atoms. The zero-order valence-corrected chi connectivity index (χ0v) is 8.92. The summed E-state index contributed by atoms with van der Waals surface area (Å²) < 4.78 is 0. The number of hydrogen-bond donors (Lipinski definition) is 1. The first kappa shape index (κ1) is 9.72. The highest BCUT2D eigenvalue weighted by molar-refractivity contribution is 5.92. The van der Waals surface area contributed by atoms with Crippen LogP contribution < -0.4 is 5.56 Å². The highest BCUT2D eigenvalue weighted by Gasteiger charge is 2.08. The fourth-order valence-corrected chi connectivity index (χ4v) is 1.81. The monoisotopic (exact) mass is 223 g/mol. The lowest BCUT2D eigenvalue weighted by molar-refractivity contribution is 1.01. The van der Waals surface area contributed by atoms with Gasteiger partial charge in [-0.25, -0.2) is 5.10 Å². The van der Waals surface area contributed by atoms with Crippen LogP contribution in [0.15, 0.2) is 53.5 Å². The van der Waals surface area contributed by atoms with E-state index in [1.165, 1.54) is 0 Å².